The Labute approximate surface area is 112 Å². The summed E-state index contributed by atoms with van der Waals surface area (Å²) in [6.45, 7) is 3.89. The molecule has 0 spiro atoms. The van der Waals surface area contributed by atoms with Gasteiger partial charge in [-0.15, -0.1) is 21.5 Å². The first-order valence-electron chi connectivity index (χ1n) is 5.66. The van der Waals surface area contributed by atoms with E-state index in [1.807, 2.05) is 0 Å². The normalized spacial score (nSPS) is 13.7. The number of ether oxygens (including phenoxy) is 1. The fraction of sp³-hybridized carbons (Fsp3) is 0.800. The number of nitrogens with zero attached hydrogens (tertiary/aromatic N) is 2. The minimum Gasteiger partial charge on any atom is -0.383 e. The molecule has 0 amide bonds. The van der Waals surface area contributed by atoms with Gasteiger partial charge in [-0.05, 0) is 6.92 Å². The molecule has 0 fully saturated rings. The highest BCUT2D eigenvalue weighted by Gasteiger charge is 2.21. The summed E-state index contributed by atoms with van der Waals surface area (Å²) in [5.41, 5.74) is 0. The van der Waals surface area contributed by atoms with Crippen molar-refractivity contribution in [3.8, 4) is 0 Å². The lowest BCUT2D eigenvalue weighted by Gasteiger charge is -2.03. The molecule has 0 aliphatic heterocycles. The molecule has 104 valence electrons. The molecule has 1 unspecified atom stereocenters. The van der Waals surface area contributed by atoms with Crippen LogP contribution in [0, 0.1) is 0 Å². The minimum absolute atomic E-state index is 0.560. The van der Waals surface area contributed by atoms with E-state index in [0.717, 1.165) is 24.5 Å². The fourth-order valence-electron chi connectivity index (χ4n) is 1.21. The van der Waals surface area contributed by atoms with Crippen molar-refractivity contribution >= 4 is 21.2 Å². The Hall–Kier alpha value is -0.570. The maximum Gasteiger partial charge on any atom is 0.156 e. The number of aromatic nitrogens is 2. The van der Waals surface area contributed by atoms with E-state index in [9.17, 15) is 8.42 Å². The Balaban J connectivity index is 2.44. The van der Waals surface area contributed by atoms with Crippen molar-refractivity contribution in [3.63, 3.8) is 0 Å². The van der Waals surface area contributed by atoms with Crippen molar-refractivity contribution in [1.82, 2.24) is 15.5 Å². The molecule has 1 rings (SSSR count). The van der Waals surface area contributed by atoms with Crippen molar-refractivity contribution in [3.05, 3.63) is 10.0 Å². The van der Waals surface area contributed by atoms with E-state index in [1.54, 1.807) is 14.0 Å². The van der Waals surface area contributed by atoms with Crippen LogP contribution in [-0.4, -0.2) is 51.7 Å². The standard InChI is InChI=1S/C10H19N3O3S2/c1-8(18(3,14)15)10-13-12-9(17-10)4-5-11-6-7-16-2/h8,11H,4-7H2,1-3H3. The van der Waals surface area contributed by atoms with Gasteiger partial charge in [0.15, 0.2) is 9.84 Å². The predicted octanol–water partition coefficient (Wildman–Crippen LogP) is 0.422. The lowest BCUT2D eigenvalue weighted by Crippen LogP contribution is -2.21. The average molecular weight is 293 g/mol. The molecule has 1 atom stereocenters. The molecule has 0 saturated carbocycles. The van der Waals surface area contributed by atoms with Gasteiger partial charge in [0, 0.05) is 32.9 Å². The average Bonchev–Trinajstić information content (AvgIpc) is 2.75. The van der Waals surface area contributed by atoms with Crippen molar-refractivity contribution in [1.29, 1.82) is 0 Å². The Bertz CT molecular complexity index is 459. The smallest absolute Gasteiger partial charge is 0.156 e. The van der Waals surface area contributed by atoms with Gasteiger partial charge in [0.05, 0.1) is 6.61 Å². The molecule has 1 N–H and O–H groups in total. The zero-order chi connectivity index (χ0) is 13.6. The van der Waals surface area contributed by atoms with Crippen LogP contribution in [0.5, 0.6) is 0 Å². The summed E-state index contributed by atoms with van der Waals surface area (Å²) in [5, 5.41) is 12.0. The van der Waals surface area contributed by atoms with Gasteiger partial charge in [-0.3, -0.25) is 0 Å². The summed E-state index contributed by atoms with van der Waals surface area (Å²) < 4.78 is 27.7. The van der Waals surface area contributed by atoms with Gasteiger partial charge in [0.25, 0.3) is 0 Å². The second-order valence-corrected chi connectivity index (χ2v) is 7.46. The summed E-state index contributed by atoms with van der Waals surface area (Å²) in [7, 11) is -1.44. The number of nitrogens with one attached hydrogen (secondary N) is 1. The van der Waals surface area contributed by atoms with Crippen LogP contribution in [0.4, 0.5) is 0 Å². The third kappa shape index (κ3) is 4.97. The van der Waals surface area contributed by atoms with E-state index in [2.05, 4.69) is 15.5 Å². The molecule has 0 aliphatic rings. The Morgan fingerprint density at radius 1 is 1.39 bits per heavy atom. The lowest BCUT2D eigenvalue weighted by molar-refractivity contribution is 0.199. The van der Waals surface area contributed by atoms with Gasteiger partial charge >= 0.3 is 0 Å². The van der Waals surface area contributed by atoms with Crippen molar-refractivity contribution in [2.24, 2.45) is 0 Å². The van der Waals surface area contributed by atoms with Crippen LogP contribution in [0.1, 0.15) is 22.2 Å². The second-order valence-electron chi connectivity index (χ2n) is 4.00. The van der Waals surface area contributed by atoms with Gasteiger partial charge in [0.2, 0.25) is 0 Å². The summed E-state index contributed by atoms with van der Waals surface area (Å²) in [4.78, 5) is 0. The van der Waals surface area contributed by atoms with Crippen LogP contribution in [0.2, 0.25) is 0 Å². The quantitative estimate of drug-likeness (QED) is 0.700. The number of rotatable bonds is 8. The van der Waals surface area contributed by atoms with E-state index < -0.39 is 15.1 Å². The summed E-state index contributed by atoms with van der Waals surface area (Å²) in [5.74, 6) is 0. The van der Waals surface area contributed by atoms with Crippen molar-refractivity contribution < 1.29 is 13.2 Å². The molecule has 1 heterocycles. The molecule has 0 radical (unpaired) electrons. The maximum atomic E-state index is 11.4. The van der Waals surface area contributed by atoms with Crippen LogP contribution in [0.3, 0.4) is 0 Å². The molecular formula is C10H19N3O3S2. The first-order valence-corrected chi connectivity index (χ1v) is 8.43. The van der Waals surface area contributed by atoms with E-state index in [1.165, 1.54) is 17.6 Å². The predicted molar refractivity (Wildman–Crippen MR) is 71.6 cm³/mol. The number of hydrogen-bond donors (Lipinski definition) is 1. The molecule has 1 aromatic heterocycles. The highest BCUT2D eigenvalue weighted by Crippen LogP contribution is 2.24. The minimum atomic E-state index is -3.10. The van der Waals surface area contributed by atoms with Crippen LogP contribution in [0.25, 0.3) is 0 Å². The summed E-state index contributed by atoms with van der Waals surface area (Å²) in [6.07, 6.45) is 1.96. The van der Waals surface area contributed by atoms with Gasteiger partial charge < -0.3 is 10.1 Å². The van der Waals surface area contributed by atoms with Crippen LogP contribution in [0.15, 0.2) is 0 Å². The Morgan fingerprint density at radius 2 is 2.11 bits per heavy atom. The highest BCUT2D eigenvalue weighted by atomic mass is 32.2. The molecule has 0 saturated heterocycles. The zero-order valence-corrected chi connectivity index (χ0v) is 12.5. The molecule has 6 nitrogen and oxygen atoms in total. The maximum absolute atomic E-state index is 11.4. The van der Waals surface area contributed by atoms with E-state index in [-0.39, 0.29) is 0 Å². The third-order valence-electron chi connectivity index (χ3n) is 2.47. The van der Waals surface area contributed by atoms with E-state index in [4.69, 9.17) is 4.74 Å². The molecule has 0 bridgehead atoms. The fourth-order valence-corrected chi connectivity index (χ4v) is 3.07. The van der Waals surface area contributed by atoms with Crippen LogP contribution >= 0.6 is 11.3 Å². The molecular weight excluding hydrogens is 274 g/mol. The van der Waals surface area contributed by atoms with Crippen LogP contribution < -0.4 is 5.32 Å². The van der Waals surface area contributed by atoms with Crippen molar-refractivity contribution in [2.75, 3.05) is 33.1 Å². The van der Waals surface area contributed by atoms with Gasteiger partial charge in [-0.25, -0.2) is 8.42 Å². The van der Waals surface area contributed by atoms with Crippen molar-refractivity contribution in [2.45, 2.75) is 18.6 Å². The third-order valence-corrected chi connectivity index (χ3v) is 5.29. The largest absolute Gasteiger partial charge is 0.383 e. The first kappa shape index (κ1) is 15.5. The number of hydrogen-bond acceptors (Lipinski definition) is 7. The molecule has 0 aromatic carbocycles. The molecule has 0 aliphatic carbocycles. The van der Waals surface area contributed by atoms with Crippen LogP contribution in [-0.2, 0) is 21.0 Å². The Kier molecular flexibility index (Phi) is 6.13. The van der Waals surface area contributed by atoms with E-state index >= 15 is 0 Å². The van der Waals surface area contributed by atoms with Gasteiger partial charge in [0.1, 0.15) is 15.3 Å². The topological polar surface area (TPSA) is 81.2 Å². The summed E-state index contributed by atoms with van der Waals surface area (Å²) >= 11 is 1.36. The Morgan fingerprint density at radius 3 is 2.72 bits per heavy atom. The summed E-state index contributed by atoms with van der Waals surface area (Å²) in [6, 6.07) is 0. The second kappa shape index (κ2) is 7.13. The van der Waals surface area contributed by atoms with Gasteiger partial charge in [-0.2, -0.15) is 0 Å². The number of sulfone groups is 1. The first-order chi connectivity index (χ1) is 8.45. The van der Waals surface area contributed by atoms with E-state index in [0.29, 0.717) is 11.6 Å². The number of methoxy groups -OCH3 is 1. The monoisotopic (exact) mass is 293 g/mol. The molecule has 18 heavy (non-hydrogen) atoms. The molecule has 8 heteroatoms. The SMILES string of the molecule is COCCNCCc1nnc(C(C)S(C)(=O)=O)s1. The zero-order valence-electron chi connectivity index (χ0n) is 10.8. The van der Waals surface area contributed by atoms with Gasteiger partial charge in [-0.1, -0.05) is 0 Å². The lowest BCUT2D eigenvalue weighted by atomic mass is 10.4. The highest BCUT2D eigenvalue weighted by molar-refractivity contribution is 7.91. The molecule has 1 aromatic rings.